The van der Waals surface area contributed by atoms with Gasteiger partial charge in [0.25, 0.3) is 0 Å². The first-order valence-corrected chi connectivity index (χ1v) is 11.3. The van der Waals surface area contributed by atoms with E-state index in [1.807, 2.05) is 29.6 Å². The molecule has 2 heterocycles. The van der Waals surface area contributed by atoms with Crippen LogP contribution in [0.1, 0.15) is 21.8 Å². The molecule has 0 fully saturated rings. The average molecular weight is 537 g/mol. The number of hydrogen-bond donors (Lipinski definition) is 0. The van der Waals surface area contributed by atoms with Crippen LogP contribution in [0.5, 0.6) is 11.5 Å². The van der Waals surface area contributed by atoms with Gasteiger partial charge in [-0.1, -0.05) is 30.3 Å². The summed E-state index contributed by atoms with van der Waals surface area (Å²) in [5.74, 6) is 0.462. The van der Waals surface area contributed by atoms with E-state index in [2.05, 4.69) is 26.3 Å². The van der Waals surface area contributed by atoms with Gasteiger partial charge in [0.1, 0.15) is 28.2 Å². The topological polar surface area (TPSA) is 68.5 Å². The Balaban J connectivity index is 0.00000361. The number of rotatable bonds is 11. The molecule has 0 spiro atoms. The number of alkyl halides is 3. The van der Waals surface area contributed by atoms with Crippen LogP contribution in [-0.2, 0) is 18.0 Å². The van der Waals surface area contributed by atoms with Gasteiger partial charge in [-0.05, 0) is 46.7 Å². The minimum Gasteiger partial charge on any atom is -1.00 e. The summed E-state index contributed by atoms with van der Waals surface area (Å²) < 4.78 is 52.0. The number of thiazole rings is 1. The van der Waals surface area contributed by atoms with Crippen molar-refractivity contribution in [3.05, 3.63) is 88.1 Å². The Kier molecular flexibility index (Phi) is 9.77. The summed E-state index contributed by atoms with van der Waals surface area (Å²) in [6.45, 7) is 1.94. The number of hydrogen-bond acceptors (Lipinski definition) is 8. The number of halogens is 4. The minimum atomic E-state index is -4.70. The van der Waals surface area contributed by atoms with Gasteiger partial charge in [-0.15, -0.1) is 24.5 Å². The van der Waals surface area contributed by atoms with E-state index in [0.717, 1.165) is 27.6 Å². The van der Waals surface area contributed by atoms with E-state index in [1.54, 1.807) is 35.5 Å². The average Bonchev–Trinajstić information content (AvgIpc) is 3.52. The first-order chi connectivity index (χ1) is 16.9. The predicted octanol–water partition coefficient (Wildman–Crippen LogP) is 3.27. The second-order valence-corrected chi connectivity index (χ2v) is 8.11. The molecule has 0 N–H and O–H groups in total. The molecule has 0 bridgehead atoms. The van der Waals surface area contributed by atoms with Gasteiger partial charge in [-0.2, -0.15) is 5.01 Å². The van der Waals surface area contributed by atoms with E-state index in [9.17, 15) is 13.2 Å². The predicted molar refractivity (Wildman–Crippen MR) is 124 cm³/mol. The zero-order chi connectivity index (χ0) is 24.5. The maximum absolute atomic E-state index is 12.2. The lowest BCUT2D eigenvalue weighted by Crippen LogP contribution is -3.00. The summed E-state index contributed by atoms with van der Waals surface area (Å²) in [5.41, 5.74) is 2.54. The van der Waals surface area contributed by atoms with Crippen LogP contribution in [-0.4, -0.2) is 29.5 Å². The van der Waals surface area contributed by atoms with E-state index in [1.165, 1.54) is 23.5 Å². The molecule has 188 valence electrons. The highest BCUT2D eigenvalue weighted by molar-refractivity contribution is 7.10. The Morgan fingerprint density at radius 2 is 1.72 bits per heavy atom. The molecule has 0 unspecified atom stereocenters. The van der Waals surface area contributed by atoms with Crippen LogP contribution < -0.4 is 21.9 Å². The fourth-order valence-corrected chi connectivity index (χ4v) is 3.61. The lowest BCUT2D eigenvalue weighted by molar-refractivity contribution is -0.274. The maximum atomic E-state index is 12.2. The summed E-state index contributed by atoms with van der Waals surface area (Å²) in [4.78, 5) is 4.49. The Labute approximate surface area is 215 Å². The molecular weight excluding hydrogens is 517 g/mol. The fraction of sp³-hybridized carbons (Fsp3) is 0.208. The fourth-order valence-electron chi connectivity index (χ4n) is 2.91. The molecule has 0 atom stereocenters. The van der Waals surface area contributed by atoms with Crippen LogP contribution in [0.25, 0.3) is 12.2 Å². The van der Waals surface area contributed by atoms with E-state index in [4.69, 9.17) is 9.47 Å². The van der Waals surface area contributed by atoms with Gasteiger partial charge in [0, 0.05) is 5.38 Å². The smallest absolute Gasteiger partial charge is 0.573 e. The van der Waals surface area contributed by atoms with Gasteiger partial charge in [0.2, 0.25) is 0 Å². The highest BCUT2D eigenvalue weighted by Crippen LogP contribution is 2.23. The van der Waals surface area contributed by atoms with Crippen molar-refractivity contribution in [3.63, 3.8) is 0 Å². The lowest BCUT2D eigenvalue weighted by Gasteiger charge is -2.08. The molecule has 12 heteroatoms. The molecule has 3 aromatic rings. The number of ether oxygens (including phenoxy) is 3. The van der Waals surface area contributed by atoms with Crippen molar-refractivity contribution in [3.8, 4) is 11.5 Å². The standard InChI is InChI=1S/C24H20F3N4O3S.ClH/c25-24(26,27)34-22-8-1-18(2-9-22)5-10-23-29-20(17-35-23)16-33-21-6-3-19(4-7-21)15-32-14-13-31-12-11-28-30-31;/h1-10,12,17H,13-16H2;1H/q+1;/p-1. The summed E-state index contributed by atoms with van der Waals surface area (Å²) in [7, 11) is 0. The van der Waals surface area contributed by atoms with E-state index < -0.39 is 6.36 Å². The SMILES string of the molecule is FC(F)(F)Oc1ccc(C=Cc2nc(COc3ccc(COCCN4C=[C+]N=N4)cc3)cs2)cc1.[Cl-]. The maximum Gasteiger partial charge on any atom is 0.573 e. The Hall–Kier alpha value is -3.50. The second kappa shape index (κ2) is 13.0. The molecule has 4 rings (SSSR count). The number of nitrogens with zero attached hydrogens (tertiary/aromatic N) is 4. The van der Waals surface area contributed by atoms with E-state index >= 15 is 0 Å². The molecule has 1 aliphatic heterocycles. The summed E-state index contributed by atoms with van der Waals surface area (Å²) in [6.07, 6.45) is 3.16. The van der Waals surface area contributed by atoms with Crippen molar-refractivity contribution in [2.45, 2.75) is 19.6 Å². The highest BCUT2D eigenvalue weighted by atomic mass is 35.5. The molecule has 0 saturated heterocycles. The lowest BCUT2D eigenvalue weighted by atomic mass is 10.2. The molecule has 1 aliphatic rings. The summed E-state index contributed by atoms with van der Waals surface area (Å²) in [5, 5.41) is 11.8. The first-order valence-electron chi connectivity index (χ1n) is 10.5. The van der Waals surface area contributed by atoms with Crippen LogP contribution in [0.2, 0.25) is 0 Å². The van der Waals surface area contributed by atoms with E-state index in [-0.39, 0.29) is 18.2 Å². The van der Waals surface area contributed by atoms with Gasteiger partial charge >= 0.3 is 18.8 Å². The van der Waals surface area contributed by atoms with Crippen LogP contribution in [0, 0.1) is 6.20 Å². The third-order valence-electron chi connectivity index (χ3n) is 4.57. The van der Waals surface area contributed by atoms with Gasteiger partial charge < -0.3 is 26.6 Å². The van der Waals surface area contributed by atoms with Gasteiger partial charge in [0.05, 0.1) is 25.5 Å². The van der Waals surface area contributed by atoms with Gasteiger partial charge in [0.15, 0.2) is 0 Å². The van der Waals surface area contributed by atoms with Crippen LogP contribution >= 0.6 is 11.3 Å². The molecule has 1 aromatic heterocycles. The summed E-state index contributed by atoms with van der Waals surface area (Å²) >= 11 is 1.45. The molecule has 2 aromatic carbocycles. The molecule has 0 saturated carbocycles. The molecule has 0 amide bonds. The molecule has 0 aliphatic carbocycles. The monoisotopic (exact) mass is 536 g/mol. The number of benzene rings is 2. The molecular formula is C24H20ClF3N4O3S. The van der Waals surface area contributed by atoms with Crippen molar-refractivity contribution in [1.29, 1.82) is 0 Å². The van der Waals surface area contributed by atoms with Gasteiger partial charge in [-0.25, -0.2) is 4.98 Å². The minimum absolute atomic E-state index is 0. The van der Waals surface area contributed by atoms with Crippen LogP contribution in [0.15, 0.2) is 70.4 Å². The van der Waals surface area contributed by atoms with Crippen molar-refractivity contribution in [1.82, 2.24) is 9.99 Å². The normalized spacial score (nSPS) is 12.6. The highest BCUT2D eigenvalue weighted by Gasteiger charge is 2.30. The second-order valence-electron chi connectivity index (χ2n) is 7.22. The molecule has 0 radical (unpaired) electrons. The van der Waals surface area contributed by atoms with Crippen molar-refractivity contribution in [2.24, 2.45) is 10.3 Å². The van der Waals surface area contributed by atoms with Crippen molar-refractivity contribution >= 4 is 23.5 Å². The Bertz CT molecular complexity index is 1170. The van der Waals surface area contributed by atoms with Crippen LogP contribution in [0.3, 0.4) is 0 Å². The zero-order valence-corrected chi connectivity index (χ0v) is 20.3. The third-order valence-corrected chi connectivity index (χ3v) is 5.43. The quantitative estimate of drug-likeness (QED) is 0.278. The zero-order valence-electron chi connectivity index (χ0n) is 18.7. The van der Waals surface area contributed by atoms with E-state index in [0.29, 0.717) is 26.4 Å². The Morgan fingerprint density at radius 1 is 0.972 bits per heavy atom. The van der Waals surface area contributed by atoms with Crippen molar-refractivity contribution < 1.29 is 39.8 Å². The van der Waals surface area contributed by atoms with Crippen molar-refractivity contribution in [2.75, 3.05) is 13.2 Å². The first kappa shape index (κ1) is 27.1. The summed E-state index contributed by atoms with van der Waals surface area (Å²) in [6, 6.07) is 13.3. The Morgan fingerprint density at radius 3 is 2.42 bits per heavy atom. The van der Waals surface area contributed by atoms with Crippen LogP contribution in [0.4, 0.5) is 13.2 Å². The van der Waals surface area contributed by atoms with Gasteiger partial charge in [-0.3, -0.25) is 0 Å². The molecule has 7 nitrogen and oxygen atoms in total. The third kappa shape index (κ3) is 8.94. The molecule has 36 heavy (non-hydrogen) atoms. The number of aromatic nitrogens is 1. The largest absolute Gasteiger partial charge is 1.00 e.